The van der Waals surface area contributed by atoms with Gasteiger partial charge in [0.15, 0.2) is 6.10 Å². The Morgan fingerprint density at radius 3 is 2.37 bits per heavy atom. The minimum absolute atomic E-state index is 0.207. The van der Waals surface area contributed by atoms with Gasteiger partial charge in [0, 0.05) is 11.4 Å². The second-order valence-corrected chi connectivity index (χ2v) is 7.33. The number of nitrogens with one attached hydrogen (secondary N) is 1. The van der Waals surface area contributed by atoms with Crippen LogP contribution >= 0.6 is 0 Å². The third-order valence-electron chi connectivity index (χ3n) is 3.70. The molecule has 7 heteroatoms. The molecule has 2 aromatic rings. The van der Waals surface area contributed by atoms with Gasteiger partial charge in [-0.05, 0) is 50.2 Å². The molecular formula is C20H23NO5S. The number of amides is 1. The monoisotopic (exact) mass is 389 g/mol. The van der Waals surface area contributed by atoms with Crippen molar-refractivity contribution in [3.05, 3.63) is 54.1 Å². The molecule has 1 amide bonds. The van der Waals surface area contributed by atoms with E-state index in [0.717, 1.165) is 0 Å². The molecule has 0 saturated carbocycles. The standard InChI is InChI=1S/C20H23NO5S/c1-4-25-16-12-10-15(11-13-16)21-19(22)14(3)26-20(23)17-8-6-7-9-18(17)27(24)5-2/h6-14H,4-5H2,1-3H3,(H,21,22)/t14-,27+/m1/s1. The molecule has 0 radical (unpaired) electrons. The quantitative estimate of drug-likeness (QED) is 0.700. The average molecular weight is 389 g/mol. The van der Waals surface area contributed by atoms with Crippen LogP contribution in [-0.4, -0.2) is 34.5 Å². The van der Waals surface area contributed by atoms with Crippen LogP contribution in [0.4, 0.5) is 5.69 Å². The average Bonchev–Trinajstić information content (AvgIpc) is 2.68. The molecule has 0 fully saturated rings. The number of benzene rings is 2. The highest BCUT2D eigenvalue weighted by molar-refractivity contribution is 7.85. The van der Waals surface area contributed by atoms with Gasteiger partial charge in [-0.15, -0.1) is 0 Å². The summed E-state index contributed by atoms with van der Waals surface area (Å²) in [7, 11) is -1.30. The summed E-state index contributed by atoms with van der Waals surface area (Å²) in [6, 6.07) is 13.4. The van der Waals surface area contributed by atoms with E-state index in [9.17, 15) is 13.8 Å². The summed E-state index contributed by atoms with van der Waals surface area (Å²) < 4.78 is 22.7. The number of anilines is 1. The van der Waals surface area contributed by atoms with Crippen molar-refractivity contribution in [2.45, 2.75) is 31.8 Å². The van der Waals surface area contributed by atoms with Crippen LogP contribution in [0, 0.1) is 0 Å². The molecule has 0 heterocycles. The number of hydrogen-bond acceptors (Lipinski definition) is 5. The summed E-state index contributed by atoms with van der Waals surface area (Å²) in [6.07, 6.45) is -1.01. The molecule has 0 aliphatic rings. The first-order valence-corrected chi connectivity index (χ1v) is 10.00. The van der Waals surface area contributed by atoms with Crippen LogP contribution in [0.15, 0.2) is 53.4 Å². The Bertz CT molecular complexity index is 819. The molecule has 2 aromatic carbocycles. The maximum absolute atomic E-state index is 12.4. The van der Waals surface area contributed by atoms with Crippen LogP contribution in [0.2, 0.25) is 0 Å². The van der Waals surface area contributed by atoms with Crippen molar-refractivity contribution >= 4 is 28.4 Å². The van der Waals surface area contributed by atoms with Gasteiger partial charge >= 0.3 is 5.97 Å². The molecule has 0 aliphatic carbocycles. The van der Waals surface area contributed by atoms with E-state index in [1.54, 1.807) is 55.5 Å². The van der Waals surface area contributed by atoms with Gasteiger partial charge < -0.3 is 14.8 Å². The van der Waals surface area contributed by atoms with E-state index in [4.69, 9.17) is 9.47 Å². The highest BCUT2D eigenvalue weighted by Gasteiger charge is 2.22. The topological polar surface area (TPSA) is 81.7 Å². The zero-order chi connectivity index (χ0) is 19.8. The second-order valence-electron chi connectivity index (χ2n) is 5.62. The lowest BCUT2D eigenvalue weighted by molar-refractivity contribution is -0.123. The summed E-state index contributed by atoms with van der Waals surface area (Å²) in [5, 5.41) is 2.68. The minimum Gasteiger partial charge on any atom is -0.494 e. The van der Waals surface area contributed by atoms with Crippen LogP contribution in [-0.2, 0) is 20.3 Å². The molecular weight excluding hydrogens is 366 g/mol. The fourth-order valence-electron chi connectivity index (χ4n) is 2.31. The maximum atomic E-state index is 12.4. The van der Waals surface area contributed by atoms with E-state index < -0.39 is 28.8 Å². The summed E-state index contributed by atoms with van der Waals surface area (Å²) >= 11 is 0. The van der Waals surface area contributed by atoms with E-state index in [2.05, 4.69) is 5.32 Å². The Morgan fingerprint density at radius 1 is 1.07 bits per heavy atom. The zero-order valence-corrected chi connectivity index (χ0v) is 16.4. The van der Waals surface area contributed by atoms with Crippen LogP contribution in [0.25, 0.3) is 0 Å². The molecule has 0 spiro atoms. The Morgan fingerprint density at radius 2 is 1.74 bits per heavy atom. The van der Waals surface area contributed by atoms with Crippen molar-refractivity contribution in [3.63, 3.8) is 0 Å². The van der Waals surface area contributed by atoms with E-state index in [1.807, 2.05) is 6.92 Å². The lowest BCUT2D eigenvalue weighted by atomic mass is 10.2. The van der Waals surface area contributed by atoms with Crippen molar-refractivity contribution in [2.75, 3.05) is 17.7 Å². The first kappa shape index (κ1) is 20.6. The van der Waals surface area contributed by atoms with Crippen LogP contribution < -0.4 is 10.1 Å². The maximum Gasteiger partial charge on any atom is 0.340 e. The van der Waals surface area contributed by atoms with E-state index in [0.29, 0.717) is 28.7 Å². The van der Waals surface area contributed by atoms with Gasteiger partial charge in [0.2, 0.25) is 0 Å². The molecule has 2 rings (SSSR count). The molecule has 0 bridgehead atoms. The first-order chi connectivity index (χ1) is 13.0. The van der Waals surface area contributed by atoms with E-state index >= 15 is 0 Å². The van der Waals surface area contributed by atoms with Crippen molar-refractivity contribution < 1.29 is 23.3 Å². The summed E-state index contributed by atoms with van der Waals surface area (Å²) in [4.78, 5) is 25.1. The van der Waals surface area contributed by atoms with Gasteiger partial charge in [-0.25, -0.2) is 4.79 Å². The highest BCUT2D eigenvalue weighted by atomic mass is 32.2. The summed E-state index contributed by atoms with van der Waals surface area (Å²) in [6.45, 7) is 5.70. The molecule has 0 unspecified atom stereocenters. The normalized spacial score (nSPS) is 12.7. The Kier molecular flexibility index (Phi) is 7.55. The molecule has 0 aliphatic heterocycles. The smallest absolute Gasteiger partial charge is 0.340 e. The van der Waals surface area contributed by atoms with Gasteiger partial charge in [0.05, 0.1) is 27.9 Å². The molecule has 2 atom stereocenters. The van der Waals surface area contributed by atoms with Crippen LogP contribution in [0.5, 0.6) is 5.75 Å². The van der Waals surface area contributed by atoms with Gasteiger partial charge in [0.25, 0.3) is 5.91 Å². The lowest BCUT2D eigenvalue weighted by Gasteiger charge is -2.15. The third-order valence-corrected chi connectivity index (χ3v) is 5.07. The molecule has 6 nitrogen and oxygen atoms in total. The Balaban J connectivity index is 2.02. The predicted molar refractivity (Wildman–Crippen MR) is 105 cm³/mol. The summed E-state index contributed by atoms with van der Waals surface area (Å²) in [5.41, 5.74) is 0.775. The Hall–Kier alpha value is -2.67. The van der Waals surface area contributed by atoms with E-state index in [-0.39, 0.29) is 5.56 Å². The van der Waals surface area contributed by atoms with Gasteiger partial charge in [-0.1, -0.05) is 19.1 Å². The van der Waals surface area contributed by atoms with E-state index in [1.165, 1.54) is 6.92 Å². The molecule has 1 N–H and O–H groups in total. The molecule has 0 saturated heterocycles. The highest BCUT2D eigenvalue weighted by Crippen LogP contribution is 2.18. The van der Waals surface area contributed by atoms with Crippen LogP contribution in [0.1, 0.15) is 31.1 Å². The number of carbonyl (C=O) groups excluding carboxylic acids is 2. The molecule has 27 heavy (non-hydrogen) atoms. The SMILES string of the molecule is CCOc1ccc(NC(=O)[C@@H](C)OC(=O)c2ccccc2[S@@](=O)CC)cc1. The number of hydrogen-bond donors (Lipinski definition) is 1. The first-order valence-electron chi connectivity index (χ1n) is 8.68. The lowest BCUT2D eigenvalue weighted by Crippen LogP contribution is -2.30. The minimum atomic E-state index is -1.30. The van der Waals surface area contributed by atoms with Crippen molar-refractivity contribution in [1.29, 1.82) is 0 Å². The van der Waals surface area contributed by atoms with Gasteiger partial charge in [-0.2, -0.15) is 0 Å². The van der Waals surface area contributed by atoms with Crippen LogP contribution in [0.3, 0.4) is 0 Å². The fourth-order valence-corrected chi connectivity index (χ4v) is 3.25. The summed E-state index contributed by atoms with van der Waals surface area (Å²) in [5.74, 6) is -0.0446. The number of carbonyl (C=O) groups is 2. The predicted octanol–water partition coefficient (Wildman–Crippen LogP) is 3.40. The number of esters is 1. The van der Waals surface area contributed by atoms with Crippen molar-refractivity contribution in [1.82, 2.24) is 0 Å². The molecule has 144 valence electrons. The number of rotatable bonds is 8. The fraction of sp³-hybridized carbons (Fsp3) is 0.300. The third kappa shape index (κ3) is 5.65. The second kappa shape index (κ2) is 9.87. The van der Waals surface area contributed by atoms with Crippen molar-refractivity contribution in [2.24, 2.45) is 0 Å². The van der Waals surface area contributed by atoms with Crippen molar-refractivity contribution in [3.8, 4) is 5.75 Å². The number of ether oxygens (including phenoxy) is 2. The van der Waals surface area contributed by atoms with Gasteiger partial charge in [0.1, 0.15) is 5.75 Å². The zero-order valence-electron chi connectivity index (χ0n) is 15.6. The Labute approximate surface area is 161 Å². The molecule has 0 aromatic heterocycles. The van der Waals surface area contributed by atoms with Gasteiger partial charge in [-0.3, -0.25) is 9.00 Å². The largest absolute Gasteiger partial charge is 0.494 e.